The Morgan fingerprint density at radius 2 is 1.49 bits per heavy atom. The third-order valence-electron chi connectivity index (χ3n) is 5.38. The summed E-state index contributed by atoms with van der Waals surface area (Å²) < 4.78 is 4.94. The molecule has 4 rings (SSSR count). The number of ether oxygens (including phenoxy) is 1. The van der Waals surface area contributed by atoms with E-state index in [4.69, 9.17) is 4.74 Å². The fourth-order valence-electron chi connectivity index (χ4n) is 3.82. The summed E-state index contributed by atoms with van der Waals surface area (Å²) in [6.45, 7) is 0.514. The Balaban J connectivity index is 1.60. The minimum atomic E-state index is -1.23. The van der Waals surface area contributed by atoms with E-state index in [-0.39, 0.29) is 33.7 Å². The minimum Gasteiger partial charge on any atom is -0.452 e. The van der Waals surface area contributed by atoms with Gasteiger partial charge in [-0.15, -0.1) is 0 Å². The first kappa shape index (κ1) is 23.2. The van der Waals surface area contributed by atoms with Crippen LogP contribution in [-0.4, -0.2) is 40.8 Å². The number of ketones is 3. The van der Waals surface area contributed by atoms with Crippen molar-refractivity contribution < 1.29 is 33.6 Å². The number of carbonyl (C=O) groups excluding carboxylic acids is 5. The molecule has 1 amide bonds. The van der Waals surface area contributed by atoms with Gasteiger partial charge in [0.15, 0.2) is 18.2 Å². The number of carbonyl (C=O) groups is 5. The Bertz CT molecular complexity index is 1460. The van der Waals surface area contributed by atoms with Crippen LogP contribution in [0.25, 0.3) is 0 Å². The van der Waals surface area contributed by atoms with Crippen LogP contribution in [0.4, 0.5) is 11.4 Å². The number of benzene rings is 3. The summed E-state index contributed by atoms with van der Waals surface area (Å²) in [5.74, 6) is -3.65. The number of rotatable bonds is 6. The molecular formula is C25H16N2O8. The van der Waals surface area contributed by atoms with E-state index in [0.717, 1.165) is 12.1 Å². The van der Waals surface area contributed by atoms with E-state index < -0.39 is 51.8 Å². The van der Waals surface area contributed by atoms with E-state index in [9.17, 15) is 34.1 Å². The van der Waals surface area contributed by atoms with Gasteiger partial charge in [-0.3, -0.25) is 29.3 Å². The molecule has 0 bridgehead atoms. The van der Waals surface area contributed by atoms with Crippen molar-refractivity contribution in [2.45, 2.75) is 6.92 Å². The second-order valence-corrected chi connectivity index (χ2v) is 7.57. The SMILES string of the molecule is CC(=O)c1ccccc1NC(=O)COC(=O)c1ccc2c(c1[N+](=O)[O-])C(=O)c1ccccc1C2=O. The van der Waals surface area contributed by atoms with Crippen LogP contribution in [-0.2, 0) is 9.53 Å². The lowest BCUT2D eigenvalue weighted by Crippen LogP contribution is -2.25. The highest BCUT2D eigenvalue weighted by molar-refractivity contribution is 6.30. The summed E-state index contributed by atoms with van der Waals surface area (Å²) in [5.41, 5.74) is -1.60. The van der Waals surface area contributed by atoms with E-state index in [2.05, 4.69) is 5.32 Å². The predicted molar refractivity (Wildman–Crippen MR) is 122 cm³/mol. The summed E-state index contributed by atoms with van der Waals surface area (Å²) >= 11 is 0. The van der Waals surface area contributed by atoms with Crippen LogP contribution in [0.5, 0.6) is 0 Å². The van der Waals surface area contributed by atoms with Gasteiger partial charge >= 0.3 is 5.97 Å². The largest absolute Gasteiger partial charge is 0.452 e. The molecule has 174 valence electrons. The summed E-state index contributed by atoms with van der Waals surface area (Å²) in [5, 5.41) is 14.3. The molecule has 0 atom stereocenters. The quantitative estimate of drug-likeness (QED) is 0.194. The molecule has 0 radical (unpaired) electrons. The highest BCUT2D eigenvalue weighted by atomic mass is 16.6. The van der Waals surface area contributed by atoms with Crippen molar-refractivity contribution in [2.75, 3.05) is 11.9 Å². The van der Waals surface area contributed by atoms with Crippen molar-refractivity contribution in [3.8, 4) is 0 Å². The number of nitrogens with zero attached hydrogens (tertiary/aromatic N) is 1. The molecule has 3 aromatic carbocycles. The lowest BCUT2D eigenvalue weighted by molar-refractivity contribution is -0.385. The fourth-order valence-corrected chi connectivity index (χ4v) is 3.82. The van der Waals surface area contributed by atoms with Crippen LogP contribution in [0.3, 0.4) is 0 Å². The third-order valence-corrected chi connectivity index (χ3v) is 5.38. The predicted octanol–water partition coefficient (Wildman–Crippen LogP) is 3.37. The number of nitro groups is 1. The molecule has 0 unspecified atom stereocenters. The molecule has 0 spiro atoms. The number of hydrogen-bond donors (Lipinski definition) is 1. The highest BCUT2D eigenvalue weighted by Gasteiger charge is 2.39. The van der Waals surface area contributed by atoms with Gasteiger partial charge in [0.1, 0.15) is 11.1 Å². The van der Waals surface area contributed by atoms with E-state index >= 15 is 0 Å². The number of Topliss-reactive ketones (excluding diaryl/α,β-unsaturated/α-hetero) is 1. The number of hydrogen-bond acceptors (Lipinski definition) is 8. The van der Waals surface area contributed by atoms with E-state index in [1.807, 2.05) is 0 Å². The summed E-state index contributed by atoms with van der Waals surface area (Å²) in [4.78, 5) is 73.4. The Labute approximate surface area is 197 Å². The van der Waals surface area contributed by atoms with Crippen LogP contribution in [0.1, 0.15) is 59.5 Å². The average Bonchev–Trinajstić information content (AvgIpc) is 2.85. The molecule has 0 fully saturated rings. The Hall–Kier alpha value is -4.99. The van der Waals surface area contributed by atoms with Crippen molar-refractivity contribution in [2.24, 2.45) is 0 Å². The standard InChI is InChI=1S/C25H16N2O8/c1-13(28)14-6-4-5-9-19(14)26-20(29)12-35-25(32)18-11-10-17-21(22(18)27(33)34)24(31)16-8-3-2-7-15(16)23(17)30/h2-11H,12H2,1H3,(H,26,29). The number of nitro benzene ring substituents is 1. The first-order chi connectivity index (χ1) is 16.7. The van der Waals surface area contributed by atoms with Gasteiger partial charge in [0, 0.05) is 22.3 Å². The normalized spacial score (nSPS) is 11.8. The van der Waals surface area contributed by atoms with Gasteiger partial charge in [-0.1, -0.05) is 36.4 Å². The zero-order valence-corrected chi connectivity index (χ0v) is 18.2. The highest BCUT2D eigenvalue weighted by Crippen LogP contribution is 2.35. The number of amides is 1. The zero-order valence-electron chi connectivity index (χ0n) is 18.2. The van der Waals surface area contributed by atoms with Gasteiger partial charge in [0.25, 0.3) is 11.6 Å². The number of anilines is 1. The zero-order chi connectivity index (χ0) is 25.3. The maximum absolute atomic E-state index is 13.0. The van der Waals surface area contributed by atoms with Crippen LogP contribution in [0.2, 0.25) is 0 Å². The number of esters is 1. The molecule has 0 aromatic heterocycles. The minimum absolute atomic E-state index is 0.0119. The Morgan fingerprint density at radius 3 is 2.14 bits per heavy atom. The van der Waals surface area contributed by atoms with Gasteiger partial charge < -0.3 is 10.1 Å². The number of para-hydroxylation sites is 1. The third kappa shape index (κ3) is 4.20. The van der Waals surface area contributed by atoms with Crippen LogP contribution < -0.4 is 5.32 Å². The number of nitrogens with one attached hydrogen (secondary N) is 1. The lowest BCUT2D eigenvalue weighted by atomic mass is 9.82. The monoisotopic (exact) mass is 472 g/mol. The average molecular weight is 472 g/mol. The van der Waals surface area contributed by atoms with Gasteiger partial charge in [0.2, 0.25) is 5.78 Å². The smallest absolute Gasteiger partial charge is 0.345 e. The fraction of sp³-hybridized carbons (Fsp3) is 0.0800. The molecule has 1 aliphatic carbocycles. The topological polar surface area (TPSA) is 150 Å². The van der Waals surface area contributed by atoms with E-state index in [0.29, 0.717) is 0 Å². The maximum Gasteiger partial charge on any atom is 0.345 e. The molecule has 1 N–H and O–H groups in total. The van der Waals surface area contributed by atoms with Crippen molar-refractivity contribution in [1.29, 1.82) is 0 Å². The van der Waals surface area contributed by atoms with Crippen molar-refractivity contribution in [3.63, 3.8) is 0 Å². The van der Waals surface area contributed by atoms with Gasteiger partial charge in [-0.25, -0.2) is 4.79 Å². The molecule has 10 nitrogen and oxygen atoms in total. The molecule has 10 heteroatoms. The van der Waals surface area contributed by atoms with Gasteiger partial charge in [0.05, 0.1) is 10.6 Å². The van der Waals surface area contributed by atoms with Gasteiger partial charge in [-0.2, -0.15) is 0 Å². The second kappa shape index (κ2) is 9.10. The van der Waals surface area contributed by atoms with Crippen LogP contribution in [0.15, 0.2) is 60.7 Å². The Morgan fingerprint density at radius 1 is 0.857 bits per heavy atom. The summed E-state index contributed by atoms with van der Waals surface area (Å²) in [6, 6.07) is 14.3. The molecule has 0 heterocycles. The van der Waals surface area contributed by atoms with Crippen molar-refractivity contribution >= 4 is 40.6 Å². The molecule has 35 heavy (non-hydrogen) atoms. The van der Waals surface area contributed by atoms with E-state index in [1.165, 1.54) is 37.3 Å². The van der Waals surface area contributed by atoms with Gasteiger partial charge in [-0.05, 0) is 31.2 Å². The van der Waals surface area contributed by atoms with E-state index in [1.54, 1.807) is 18.2 Å². The van der Waals surface area contributed by atoms with Crippen molar-refractivity contribution in [1.82, 2.24) is 0 Å². The lowest BCUT2D eigenvalue weighted by Gasteiger charge is -2.18. The molecule has 0 saturated carbocycles. The molecule has 0 saturated heterocycles. The van der Waals surface area contributed by atoms with Crippen molar-refractivity contribution in [3.05, 3.63) is 104 Å². The summed E-state index contributed by atoms with van der Waals surface area (Å²) in [6.07, 6.45) is 0. The maximum atomic E-state index is 13.0. The number of fused-ring (bicyclic) bond motifs is 2. The summed E-state index contributed by atoms with van der Waals surface area (Å²) in [7, 11) is 0. The molecule has 0 aliphatic heterocycles. The van der Waals surface area contributed by atoms with Crippen LogP contribution >= 0.6 is 0 Å². The Kier molecular flexibility index (Phi) is 6.03. The molecular weight excluding hydrogens is 456 g/mol. The second-order valence-electron chi connectivity index (χ2n) is 7.57. The first-order valence-corrected chi connectivity index (χ1v) is 10.3. The molecule has 1 aliphatic rings. The molecule has 3 aromatic rings. The van der Waals surface area contributed by atoms with Crippen LogP contribution in [0, 0.1) is 10.1 Å². The first-order valence-electron chi connectivity index (χ1n) is 10.3.